The molecule has 2 nitrogen and oxygen atoms in total. The number of hydrogen-bond donors (Lipinski definition) is 2. The van der Waals surface area contributed by atoms with Gasteiger partial charge in [-0.15, -0.1) is 0 Å². The van der Waals surface area contributed by atoms with E-state index in [1.165, 1.54) is 0 Å². The van der Waals surface area contributed by atoms with E-state index < -0.39 is 12.6 Å². The first kappa shape index (κ1) is 12.5. The number of benzene rings is 1. The molecule has 94 valence electrons. The molecule has 0 aliphatic carbocycles. The van der Waals surface area contributed by atoms with E-state index in [-0.39, 0.29) is 6.04 Å². The highest BCUT2D eigenvalue weighted by molar-refractivity contribution is 5.14. The molecule has 0 spiro atoms. The highest BCUT2D eigenvalue weighted by Gasteiger charge is 2.23. The van der Waals surface area contributed by atoms with Crippen molar-refractivity contribution in [2.24, 2.45) is 0 Å². The third-order valence-electron chi connectivity index (χ3n) is 3.06. The average molecular weight is 240 g/mol. The van der Waals surface area contributed by atoms with Crippen molar-refractivity contribution in [2.75, 3.05) is 0 Å². The monoisotopic (exact) mass is 240 g/mol. The first-order valence-corrected chi connectivity index (χ1v) is 6.05. The van der Waals surface area contributed by atoms with Crippen molar-refractivity contribution in [1.82, 2.24) is 10.6 Å². The van der Waals surface area contributed by atoms with Crippen LogP contribution >= 0.6 is 0 Å². The Hall–Kier alpha value is -1.00. The Kier molecular flexibility index (Phi) is 4.45. The molecule has 1 fully saturated rings. The second-order valence-electron chi connectivity index (χ2n) is 4.48. The van der Waals surface area contributed by atoms with E-state index >= 15 is 0 Å². The molecule has 1 aromatic carbocycles. The summed E-state index contributed by atoms with van der Waals surface area (Å²) in [6.07, 6.45) is -1.10. The van der Waals surface area contributed by atoms with Crippen LogP contribution in [0, 0.1) is 0 Å². The molecular weight excluding hydrogens is 222 g/mol. The van der Waals surface area contributed by atoms with Crippen LogP contribution in [0.4, 0.5) is 8.78 Å². The largest absolute Gasteiger partial charge is 0.310 e. The van der Waals surface area contributed by atoms with Crippen molar-refractivity contribution in [3.05, 3.63) is 35.9 Å². The van der Waals surface area contributed by atoms with Crippen molar-refractivity contribution < 1.29 is 8.78 Å². The van der Waals surface area contributed by atoms with Gasteiger partial charge in [-0.3, -0.25) is 5.32 Å². The maximum absolute atomic E-state index is 13.3. The van der Waals surface area contributed by atoms with Gasteiger partial charge in [0.1, 0.15) is 0 Å². The predicted molar refractivity (Wildman–Crippen MR) is 63.8 cm³/mol. The van der Waals surface area contributed by atoms with Crippen molar-refractivity contribution in [3.8, 4) is 0 Å². The summed E-state index contributed by atoms with van der Waals surface area (Å²) in [5.74, 6) is 0. The van der Waals surface area contributed by atoms with Gasteiger partial charge in [-0.2, -0.15) is 0 Å². The summed E-state index contributed by atoms with van der Waals surface area (Å²) < 4.78 is 26.3. The minimum absolute atomic E-state index is 0.0402. The van der Waals surface area contributed by atoms with Crippen molar-refractivity contribution in [1.29, 1.82) is 0 Å². The van der Waals surface area contributed by atoms with Gasteiger partial charge >= 0.3 is 0 Å². The third kappa shape index (κ3) is 4.06. The topological polar surface area (TPSA) is 24.1 Å². The van der Waals surface area contributed by atoms with Gasteiger partial charge in [0, 0.05) is 19.0 Å². The van der Waals surface area contributed by atoms with Gasteiger partial charge in [-0.1, -0.05) is 30.3 Å². The summed E-state index contributed by atoms with van der Waals surface area (Å²) >= 11 is 0. The highest BCUT2D eigenvalue weighted by atomic mass is 19.2. The van der Waals surface area contributed by atoms with Crippen LogP contribution in [0.2, 0.25) is 0 Å². The molecule has 0 saturated carbocycles. The quantitative estimate of drug-likeness (QED) is 0.793. The van der Waals surface area contributed by atoms with Crippen LogP contribution in [-0.2, 0) is 6.54 Å². The molecule has 0 radical (unpaired) electrons. The lowest BCUT2D eigenvalue weighted by Gasteiger charge is -2.17. The molecule has 1 saturated heterocycles. The summed E-state index contributed by atoms with van der Waals surface area (Å²) in [5, 5.41) is 5.58. The van der Waals surface area contributed by atoms with E-state index in [2.05, 4.69) is 10.6 Å². The molecule has 1 aliphatic heterocycles. The maximum atomic E-state index is 13.3. The molecule has 17 heavy (non-hydrogen) atoms. The Morgan fingerprint density at radius 3 is 2.65 bits per heavy atom. The van der Waals surface area contributed by atoms with Crippen LogP contribution in [0.25, 0.3) is 0 Å². The lowest BCUT2D eigenvalue weighted by atomic mass is 10.1. The SMILES string of the molecule is FC1CCC(NCc2ccccc2)CC(F)N1. The fourth-order valence-electron chi connectivity index (χ4n) is 2.11. The third-order valence-corrected chi connectivity index (χ3v) is 3.06. The van der Waals surface area contributed by atoms with Crippen LogP contribution in [0.5, 0.6) is 0 Å². The van der Waals surface area contributed by atoms with Crippen LogP contribution in [0.3, 0.4) is 0 Å². The number of hydrogen-bond acceptors (Lipinski definition) is 2. The number of halogens is 2. The number of rotatable bonds is 3. The van der Waals surface area contributed by atoms with Gasteiger partial charge in [0.15, 0.2) is 12.6 Å². The molecular formula is C13H18F2N2. The van der Waals surface area contributed by atoms with E-state index in [9.17, 15) is 8.78 Å². The van der Waals surface area contributed by atoms with Gasteiger partial charge in [0.25, 0.3) is 0 Å². The Morgan fingerprint density at radius 1 is 1.12 bits per heavy atom. The molecule has 1 aliphatic rings. The Bertz CT molecular complexity index is 331. The Balaban J connectivity index is 1.82. The van der Waals surface area contributed by atoms with Crippen LogP contribution in [0.15, 0.2) is 30.3 Å². The number of alkyl halides is 2. The fourth-order valence-corrected chi connectivity index (χ4v) is 2.11. The van der Waals surface area contributed by atoms with Crippen molar-refractivity contribution in [2.45, 2.75) is 44.4 Å². The van der Waals surface area contributed by atoms with Crippen molar-refractivity contribution in [3.63, 3.8) is 0 Å². The average Bonchev–Trinajstić information content (AvgIpc) is 2.49. The zero-order valence-electron chi connectivity index (χ0n) is 9.70. The Labute approximate surface area is 100 Å². The molecule has 2 rings (SSSR count). The van der Waals surface area contributed by atoms with Crippen LogP contribution < -0.4 is 10.6 Å². The maximum Gasteiger partial charge on any atom is 0.154 e. The molecule has 1 heterocycles. The summed E-state index contributed by atoms with van der Waals surface area (Å²) in [4.78, 5) is 0. The summed E-state index contributed by atoms with van der Waals surface area (Å²) in [5.41, 5.74) is 1.16. The summed E-state index contributed by atoms with van der Waals surface area (Å²) in [7, 11) is 0. The minimum Gasteiger partial charge on any atom is -0.310 e. The zero-order valence-corrected chi connectivity index (χ0v) is 9.70. The predicted octanol–water partition coefficient (Wildman–Crippen LogP) is 2.51. The molecule has 4 heteroatoms. The number of nitrogens with one attached hydrogen (secondary N) is 2. The van der Waals surface area contributed by atoms with Gasteiger partial charge in [0.2, 0.25) is 0 Å². The van der Waals surface area contributed by atoms with Crippen LogP contribution in [-0.4, -0.2) is 18.6 Å². The minimum atomic E-state index is -1.25. The summed E-state index contributed by atoms with van der Waals surface area (Å²) in [6, 6.07) is 9.99. The van der Waals surface area contributed by atoms with Crippen molar-refractivity contribution >= 4 is 0 Å². The van der Waals surface area contributed by atoms with Crippen LogP contribution in [0.1, 0.15) is 24.8 Å². The normalized spacial score (nSPS) is 29.9. The molecule has 0 aromatic heterocycles. The second kappa shape index (κ2) is 6.07. The van der Waals surface area contributed by atoms with Gasteiger partial charge < -0.3 is 5.32 Å². The first-order valence-electron chi connectivity index (χ1n) is 6.05. The van der Waals surface area contributed by atoms with Gasteiger partial charge in [0.05, 0.1) is 0 Å². The smallest absolute Gasteiger partial charge is 0.154 e. The van der Waals surface area contributed by atoms with E-state index in [4.69, 9.17) is 0 Å². The lowest BCUT2D eigenvalue weighted by Crippen LogP contribution is -2.34. The molecule has 3 unspecified atom stereocenters. The fraction of sp³-hybridized carbons (Fsp3) is 0.538. The lowest BCUT2D eigenvalue weighted by molar-refractivity contribution is 0.170. The molecule has 0 bridgehead atoms. The van der Waals surface area contributed by atoms with E-state index in [0.717, 1.165) is 5.56 Å². The van der Waals surface area contributed by atoms with E-state index in [0.29, 0.717) is 25.8 Å². The first-order chi connectivity index (χ1) is 8.24. The highest BCUT2D eigenvalue weighted by Crippen LogP contribution is 2.16. The molecule has 0 amide bonds. The molecule has 2 N–H and O–H groups in total. The molecule has 1 aromatic rings. The summed E-state index contributed by atoms with van der Waals surface area (Å²) in [6.45, 7) is 0.704. The standard InChI is InChI=1S/C13H18F2N2/c14-12-7-6-11(8-13(15)17-12)16-9-10-4-2-1-3-5-10/h1-5,11-13,16-17H,6-9H2. The Morgan fingerprint density at radius 2 is 1.88 bits per heavy atom. The molecule has 3 atom stereocenters. The van der Waals surface area contributed by atoms with E-state index in [1.807, 2.05) is 30.3 Å². The van der Waals surface area contributed by atoms with Gasteiger partial charge in [-0.05, 0) is 18.4 Å². The zero-order chi connectivity index (χ0) is 12.1. The van der Waals surface area contributed by atoms with E-state index in [1.54, 1.807) is 0 Å². The second-order valence-corrected chi connectivity index (χ2v) is 4.48. The van der Waals surface area contributed by atoms with Gasteiger partial charge in [-0.25, -0.2) is 8.78 Å².